The highest BCUT2D eigenvalue weighted by molar-refractivity contribution is 7.99. The maximum Gasteiger partial charge on any atom is 0.269 e. The minimum Gasteiger partial charge on any atom is -0.325 e. The van der Waals surface area contributed by atoms with Crippen LogP contribution in [0.3, 0.4) is 0 Å². The Morgan fingerprint density at radius 3 is 2.69 bits per heavy atom. The molecule has 11 heteroatoms. The van der Waals surface area contributed by atoms with Gasteiger partial charge in [0.1, 0.15) is 5.39 Å². The van der Waals surface area contributed by atoms with E-state index in [-0.39, 0.29) is 33.4 Å². The molecular weight excluding hydrogens is 432 g/mol. The summed E-state index contributed by atoms with van der Waals surface area (Å²) in [5.41, 5.74) is 3.10. The number of non-ortho nitro benzene ring substituents is 1. The number of H-pyrrole nitrogens is 1. The van der Waals surface area contributed by atoms with E-state index in [2.05, 4.69) is 20.4 Å². The number of benzene rings is 2. The van der Waals surface area contributed by atoms with Crippen molar-refractivity contribution in [3.8, 4) is 5.69 Å². The number of hydrogen-bond acceptors (Lipinski definition) is 7. The normalized spacial score (nSPS) is 10.9. The van der Waals surface area contributed by atoms with Gasteiger partial charge in [-0.25, -0.2) is 9.67 Å². The minimum absolute atomic E-state index is 0.0491. The van der Waals surface area contributed by atoms with Crippen LogP contribution in [0.2, 0.25) is 0 Å². The van der Waals surface area contributed by atoms with Crippen LogP contribution in [0.15, 0.2) is 58.6 Å². The Hall–Kier alpha value is -3.99. The van der Waals surface area contributed by atoms with E-state index in [1.165, 1.54) is 35.1 Å². The van der Waals surface area contributed by atoms with Crippen molar-refractivity contribution in [2.24, 2.45) is 0 Å². The van der Waals surface area contributed by atoms with Crippen LogP contribution in [-0.2, 0) is 4.79 Å². The third-order valence-corrected chi connectivity index (χ3v) is 5.60. The third-order valence-electron chi connectivity index (χ3n) is 4.73. The summed E-state index contributed by atoms with van der Waals surface area (Å²) in [5, 5.41) is 18.5. The molecule has 1 amide bonds. The van der Waals surface area contributed by atoms with Crippen molar-refractivity contribution in [2.75, 3.05) is 11.1 Å². The molecule has 0 aliphatic heterocycles. The average Bonchev–Trinajstić information content (AvgIpc) is 3.19. The highest BCUT2D eigenvalue weighted by Crippen LogP contribution is 2.21. The van der Waals surface area contributed by atoms with Gasteiger partial charge in [0.2, 0.25) is 5.91 Å². The molecule has 0 radical (unpaired) electrons. The fourth-order valence-electron chi connectivity index (χ4n) is 3.06. The van der Waals surface area contributed by atoms with Gasteiger partial charge >= 0.3 is 0 Å². The lowest BCUT2D eigenvalue weighted by Gasteiger charge is -2.09. The Kier molecular flexibility index (Phi) is 5.73. The third kappa shape index (κ3) is 4.37. The SMILES string of the molecule is Cc1ccc(C)c(NC(=O)CSc2nc3c(cnn3-c3ccc([N+](=O)[O-])cc3)c(=O)[nH]2)c1. The van der Waals surface area contributed by atoms with E-state index in [4.69, 9.17) is 0 Å². The van der Waals surface area contributed by atoms with Crippen LogP contribution < -0.4 is 10.9 Å². The molecule has 4 rings (SSSR count). The van der Waals surface area contributed by atoms with Gasteiger partial charge in [-0.3, -0.25) is 19.7 Å². The van der Waals surface area contributed by atoms with Crippen molar-refractivity contribution in [2.45, 2.75) is 19.0 Å². The van der Waals surface area contributed by atoms with E-state index >= 15 is 0 Å². The number of carbonyl (C=O) groups is 1. The Morgan fingerprint density at radius 1 is 1.22 bits per heavy atom. The molecule has 4 aromatic rings. The summed E-state index contributed by atoms with van der Waals surface area (Å²) in [6, 6.07) is 11.6. The highest BCUT2D eigenvalue weighted by Gasteiger charge is 2.14. The maximum atomic E-state index is 12.5. The molecule has 0 unspecified atom stereocenters. The summed E-state index contributed by atoms with van der Waals surface area (Å²) < 4.78 is 1.43. The van der Waals surface area contributed by atoms with Gasteiger partial charge in [0.25, 0.3) is 11.2 Å². The van der Waals surface area contributed by atoms with Crippen LogP contribution in [0.5, 0.6) is 0 Å². The van der Waals surface area contributed by atoms with Crippen LogP contribution in [0.25, 0.3) is 16.7 Å². The maximum absolute atomic E-state index is 12.5. The number of nitro benzene ring substituents is 1. The standard InChI is InChI=1S/C21H18N6O4S/c1-12-3-4-13(2)17(9-12)23-18(28)11-32-21-24-19-16(20(29)25-21)10-22-26(19)14-5-7-15(8-6-14)27(30)31/h3-10H,11H2,1-2H3,(H,23,28)(H,24,25,29). The number of aromatic nitrogens is 4. The molecule has 32 heavy (non-hydrogen) atoms. The molecule has 162 valence electrons. The topological polar surface area (TPSA) is 136 Å². The van der Waals surface area contributed by atoms with Crippen molar-refractivity contribution in [3.63, 3.8) is 0 Å². The van der Waals surface area contributed by atoms with E-state index in [0.717, 1.165) is 28.6 Å². The number of hydrogen-bond donors (Lipinski definition) is 2. The minimum atomic E-state index is -0.494. The van der Waals surface area contributed by atoms with E-state index in [1.54, 1.807) is 0 Å². The first-order valence-corrected chi connectivity index (χ1v) is 10.5. The molecule has 0 saturated heterocycles. The molecule has 2 heterocycles. The quantitative estimate of drug-likeness (QED) is 0.199. The van der Waals surface area contributed by atoms with Crippen LogP contribution >= 0.6 is 11.8 Å². The second-order valence-corrected chi connectivity index (χ2v) is 8.06. The van der Waals surface area contributed by atoms with Crippen LogP contribution in [0.4, 0.5) is 11.4 Å². The second kappa shape index (κ2) is 8.63. The number of anilines is 1. The van der Waals surface area contributed by atoms with Crippen LogP contribution in [0.1, 0.15) is 11.1 Å². The molecule has 0 bridgehead atoms. The molecule has 0 fully saturated rings. The zero-order chi connectivity index (χ0) is 22.8. The molecule has 10 nitrogen and oxygen atoms in total. The van der Waals surface area contributed by atoms with Gasteiger partial charge in [0.15, 0.2) is 10.8 Å². The van der Waals surface area contributed by atoms with Crippen molar-refractivity contribution in [1.29, 1.82) is 0 Å². The van der Waals surface area contributed by atoms with Gasteiger partial charge in [-0.15, -0.1) is 0 Å². The molecule has 0 saturated carbocycles. The number of nitro groups is 1. The molecule has 2 aromatic carbocycles. The van der Waals surface area contributed by atoms with Crippen molar-refractivity contribution in [3.05, 3.63) is 80.3 Å². The van der Waals surface area contributed by atoms with Gasteiger partial charge in [0, 0.05) is 17.8 Å². The molecular formula is C21H18N6O4S. The summed E-state index contributed by atoms with van der Waals surface area (Å²) in [6.45, 7) is 3.86. The number of rotatable bonds is 6. The number of nitrogens with zero attached hydrogens (tertiary/aromatic N) is 4. The fourth-order valence-corrected chi connectivity index (χ4v) is 3.72. The number of aromatic amines is 1. The number of aryl methyl sites for hydroxylation is 2. The molecule has 2 N–H and O–H groups in total. The number of carbonyl (C=O) groups excluding carboxylic acids is 1. The Morgan fingerprint density at radius 2 is 1.97 bits per heavy atom. The van der Waals surface area contributed by atoms with E-state index in [0.29, 0.717) is 11.3 Å². The number of fused-ring (bicyclic) bond motifs is 1. The average molecular weight is 450 g/mol. The van der Waals surface area contributed by atoms with Gasteiger partial charge in [-0.1, -0.05) is 23.9 Å². The van der Waals surface area contributed by atoms with Gasteiger partial charge < -0.3 is 10.3 Å². The fraction of sp³-hybridized carbons (Fsp3) is 0.143. The first-order chi connectivity index (χ1) is 15.3. The summed E-state index contributed by atoms with van der Waals surface area (Å²) >= 11 is 1.09. The first kappa shape index (κ1) is 21.2. The smallest absolute Gasteiger partial charge is 0.269 e. The molecule has 2 aromatic heterocycles. The summed E-state index contributed by atoms with van der Waals surface area (Å²) in [7, 11) is 0. The zero-order valence-electron chi connectivity index (χ0n) is 17.2. The summed E-state index contributed by atoms with van der Waals surface area (Å²) in [5.74, 6) is -0.177. The first-order valence-electron chi connectivity index (χ1n) is 9.54. The van der Waals surface area contributed by atoms with Crippen molar-refractivity contribution in [1.82, 2.24) is 19.7 Å². The summed E-state index contributed by atoms with van der Waals surface area (Å²) in [6.07, 6.45) is 1.38. The monoisotopic (exact) mass is 450 g/mol. The van der Waals surface area contributed by atoms with Crippen LogP contribution in [-0.4, -0.2) is 36.3 Å². The van der Waals surface area contributed by atoms with E-state index < -0.39 is 4.92 Å². The molecule has 0 aliphatic carbocycles. The van der Waals surface area contributed by atoms with Crippen molar-refractivity contribution >= 4 is 40.1 Å². The number of amides is 1. The largest absolute Gasteiger partial charge is 0.325 e. The lowest BCUT2D eigenvalue weighted by atomic mass is 10.1. The Balaban J connectivity index is 1.55. The van der Waals surface area contributed by atoms with Crippen LogP contribution in [0, 0.1) is 24.0 Å². The predicted molar refractivity (Wildman–Crippen MR) is 121 cm³/mol. The molecule has 0 spiro atoms. The molecule has 0 aliphatic rings. The summed E-state index contributed by atoms with van der Waals surface area (Å²) in [4.78, 5) is 42.3. The number of thioether (sulfide) groups is 1. The lowest BCUT2D eigenvalue weighted by Crippen LogP contribution is -2.16. The predicted octanol–water partition coefficient (Wildman–Crippen LogP) is 3.36. The van der Waals surface area contributed by atoms with Gasteiger partial charge in [-0.2, -0.15) is 5.10 Å². The Bertz CT molecular complexity index is 1390. The van der Waals surface area contributed by atoms with Gasteiger partial charge in [-0.05, 0) is 43.2 Å². The Labute approximate surface area is 185 Å². The molecule has 0 atom stereocenters. The number of nitrogens with one attached hydrogen (secondary N) is 2. The van der Waals surface area contributed by atoms with Crippen molar-refractivity contribution < 1.29 is 9.72 Å². The van der Waals surface area contributed by atoms with Gasteiger partial charge in [0.05, 0.1) is 22.6 Å². The second-order valence-electron chi connectivity index (χ2n) is 7.09. The zero-order valence-corrected chi connectivity index (χ0v) is 18.0. The highest BCUT2D eigenvalue weighted by atomic mass is 32.2. The van der Waals surface area contributed by atoms with E-state index in [1.807, 2.05) is 32.0 Å². The lowest BCUT2D eigenvalue weighted by molar-refractivity contribution is -0.384. The van der Waals surface area contributed by atoms with E-state index in [9.17, 15) is 19.7 Å².